The van der Waals surface area contributed by atoms with Crippen molar-refractivity contribution in [1.29, 1.82) is 0 Å². The van der Waals surface area contributed by atoms with E-state index in [9.17, 15) is 9.18 Å². The molecule has 1 saturated heterocycles. The highest BCUT2D eigenvalue weighted by Gasteiger charge is 2.23. The summed E-state index contributed by atoms with van der Waals surface area (Å²) < 4.78 is 13.8. The standard InChI is InChI=1S/C16H18FNO3/c17-15-10-14(4-3-13(15)2-1-9-19)16(21)18-7-5-12(11-20)6-8-18/h3-4,10,12,19-20H,5-9,11H2. The minimum absolute atomic E-state index is 0.148. The topological polar surface area (TPSA) is 60.8 Å². The van der Waals surface area contributed by atoms with Crippen molar-refractivity contribution in [2.75, 3.05) is 26.3 Å². The van der Waals surface area contributed by atoms with E-state index < -0.39 is 5.82 Å². The summed E-state index contributed by atoms with van der Waals surface area (Å²) in [5, 5.41) is 17.7. The van der Waals surface area contributed by atoms with Gasteiger partial charge in [0.25, 0.3) is 5.91 Å². The Hall–Kier alpha value is -1.90. The molecule has 0 radical (unpaired) electrons. The molecule has 5 heteroatoms. The Morgan fingerprint density at radius 3 is 2.62 bits per heavy atom. The molecule has 0 bridgehead atoms. The van der Waals surface area contributed by atoms with Gasteiger partial charge in [-0.3, -0.25) is 4.79 Å². The summed E-state index contributed by atoms with van der Waals surface area (Å²) in [7, 11) is 0. The van der Waals surface area contributed by atoms with Crippen LogP contribution in [0.4, 0.5) is 4.39 Å². The Bertz CT molecular complexity index is 569. The lowest BCUT2D eigenvalue weighted by Gasteiger charge is -2.31. The van der Waals surface area contributed by atoms with Gasteiger partial charge in [0.2, 0.25) is 0 Å². The first-order chi connectivity index (χ1) is 10.2. The third-order valence-corrected chi connectivity index (χ3v) is 3.68. The second kappa shape index (κ2) is 7.21. The molecule has 4 nitrogen and oxygen atoms in total. The van der Waals surface area contributed by atoms with E-state index in [-0.39, 0.29) is 30.6 Å². The Labute approximate surface area is 123 Å². The number of amides is 1. The van der Waals surface area contributed by atoms with Gasteiger partial charge in [0.05, 0.1) is 5.56 Å². The van der Waals surface area contributed by atoms with Crippen molar-refractivity contribution in [2.45, 2.75) is 12.8 Å². The molecule has 1 aliphatic rings. The number of piperidine rings is 1. The van der Waals surface area contributed by atoms with Gasteiger partial charge in [0.15, 0.2) is 0 Å². The molecule has 1 aliphatic heterocycles. The summed E-state index contributed by atoms with van der Waals surface area (Å²) in [5.74, 6) is 4.36. The van der Waals surface area contributed by atoms with Crippen molar-refractivity contribution >= 4 is 5.91 Å². The number of aliphatic hydroxyl groups excluding tert-OH is 2. The predicted octanol–water partition coefficient (Wildman–Crippen LogP) is 1.01. The van der Waals surface area contributed by atoms with Crippen LogP contribution < -0.4 is 0 Å². The van der Waals surface area contributed by atoms with Crippen LogP contribution in [-0.4, -0.2) is 47.3 Å². The minimum atomic E-state index is -0.563. The molecule has 0 aliphatic carbocycles. The number of carbonyl (C=O) groups excluding carboxylic acids is 1. The van der Waals surface area contributed by atoms with Gasteiger partial charge in [-0.1, -0.05) is 11.8 Å². The van der Waals surface area contributed by atoms with Gasteiger partial charge in [-0.25, -0.2) is 4.39 Å². The van der Waals surface area contributed by atoms with Crippen LogP contribution in [0.1, 0.15) is 28.8 Å². The van der Waals surface area contributed by atoms with Gasteiger partial charge in [0, 0.05) is 25.3 Å². The van der Waals surface area contributed by atoms with Crippen molar-refractivity contribution in [3.8, 4) is 11.8 Å². The van der Waals surface area contributed by atoms with Crippen molar-refractivity contribution in [1.82, 2.24) is 4.90 Å². The molecular formula is C16H18FNO3. The third kappa shape index (κ3) is 3.81. The molecule has 1 aromatic carbocycles. The van der Waals surface area contributed by atoms with Crippen LogP contribution in [0.2, 0.25) is 0 Å². The molecule has 0 unspecified atom stereocenters. The van der Waals surface area contributed by atoms with E-state index in [2.05, 4.69) is 11.8 Å². The van der Waals surface area contributed by atoms with Crippen LogP contribution in [0.15, 0.2) is 18.2 Å². The van der Waals surface area contributed by atoms with E-state index in [1.54, 1.807) is 11.0 Å². The quantitative estimate of drug-likeness (QED) is 0.800. The highest BCUT2D eigenvalue weighted by atomic mass is 19.1. The number of hydrogen-bond acceptors (Lipinski definition) is 3. The van der Waals surface area contributed by atoms with Crippen LogP contribution in [-0.2, 0) is 0 Å². The summed E-state index contributed by atoms with van der Waals surface area (Å²) in [4.78, 5) is 14.0. The lowest BCUT2D eigenvalue weighted by molar-refractivity contribution is 0.0650. The zero-order valence-electron chi connectivity index (χ0n) is 11.7. The number of benzene rings is 1. The lowest BCUT2D eigenvalue weighted by Crippen LogP contribution is -2.39. The van der Waals surface area contributed by atoms with E-state index in [1.165, 1.54) is 12.1 Å². The zero-order valence-corrected chi connectivity index (χ0v) is 11.7. The third-order valence-electron chi connectivity index (χ3n) is 3.68. The smallest absolute Gasteiger partial charge is 0.253 e. The highest BCUT2D eigenvalue weighted by Crippen LogP contribution is 2.19. The molecule has 0 spiro atoms. The molecule has 1 heterocycles. The number of hydrogen-bond donors (Lipinski definition) is 2. The van der Waals surface area contributed by atoms with E-state index in [4.69, 9.17) is 10.2 Å². The average Bonchev–Trinajstić information content (AvgIpc) is 2.53. The lowest BCUT2D eigenvalue weighted by atomic mass is 9.97. The van der Waals surface area contributed by atoms with Gasteiger partial charge >= 0.3 is 0 Å². The first kappa shape index (κ1) is 15.5. The maximum absolute atomic E-state index is 13.8. The fourth-order valence-corrected chi connectivity index (χ4v) is 2.39. The molecule has 112 valence electrons. The van der Waals surface area contributed by atoms with Crippen LogP contribution in [0, 0.1) is 23.6 Å². The van der Waals surface area contributed by atoms with E-state index in [0.29, 0.717) is 18.7 Å². The second-order valence-corrected chi connectivity index (χ2v) is 5.07. The molecule has 21 heavy (non-hydrogen) atoms. The molecule has 2 rings (SSSR count). The van der Waals surface area contributed by atoms with Crippen molar-refractivity contribution in [3.63, 3.8) is 0 Å². The van der Waals surface area contributed by atoms with Crippen molar-refractivity contribution in [3.05, 3.63) is 35.1 Å². The fraction of sp³-hybridized carbons (Fsp3) is 0.438. The number of halogens is 1. The van der Waals surface area contributed by atoms with Crippen LogP contribution >= 0.6 is 0 Å². The van der Waals surface area contributed by atoms with Crippen molar-refractivity contribution < 1.29 is 19.4 Å². The van der Waals surface area contributed by atoms with Crippen LogP contribution in [0.25, 0.3) is 0 Å². The molecule has 1 aromatic rings. The molecule has 0 atom stereocenters. The number of carbonyl (C=O) groups is 1. The summed E-state index contributed by atoms with van der Waals surface area (Å²) in [5.41, 5.74) is 0.462. The fourth-order valence-electron chi connectivity index (χ4n) is 2.39. The Balaban J connectivity index is 2.08. The molecule has 1 fully saturated rings. The van der Waals surface area contributed by atoms with E-state index >= 15 is 0 Å². The summed E-state index contributed by atoms with van der Waals surface area (Å²) >= 11 is 0. The van der Waals surface area contributed by atoms with Gasteiger partial charge < -0.3 is 15.1 Å². The number of likely N-dealkylation sites (tertiary alicyclic amines) is 1. The van der Waals surface area contributed by atoms with E-state index in [0.717, 1.165) is 12.8 Å². The molecule has 2 N–H and O–H groups in total. The van der Waals surface area contributed by atoms with Gasteiger partial charge in [0.1, 0.15) is 12.4 Å². The van der Waals surface area contributed by atoms with Gasteiger partial charge in [-0.05, 0) is 37.0 Å². The zero-order chi connectivity index (χ0) is 15.2. The maximum atomic E-state index is 13.8. The monoisotopic (exact) mass is 291 g/mol. The maximum Gasteiger partial charge on any atom is 0.253 e. The summed E-state index contributed by atoms with van der Waals surface area (Å²) in [6, 6.07) is 4.18. The molecule has 0 aromatic heterocycles. The second-order valence-electron chi connectivity index (χ2n) is 5.07. The molecule has 0 saturated carbocycles. The Morgan fingerprint density at radius 1 is 1.33 bits per heavy atom. The predicted molar refractivity (Wildman–Crippen MR) is 76.1 cm³/mol. The first-order valence-electron chi connectivity index (χ1n) is 6.95. The normalized spacial score (nSPS) is 15.5. The minimum Gasteiger partial charge on any atom is -0.396 e. The Morgan fingerprint density at radius 2 is 2.05 bits per heavy atom. The number of rotatable bonds is 2. The van der Waals surface area contributed by atoms with E-state index in [1.807, 2.05) is 0 Å². The van der Waals surface area contributed by atoms with Crippen LogP contribution in [0.5, 0.6) is 0 Å². The number of aliphatic hydroxyl groups is 2. The Kier molecular flexibility index (Phi) is 5.32. The average molecular weight is 291 g/mol. The molecule has 1 amide bonds. The largest absolute Gasteiger partial charge is 0.396 e. The molecular weight excluding hydrogens is 273 g/mol. The first-order valence-corrected chi connectivity index (χ1v) is 6.95. The number of nitrogens with zero attached hydrogens (tertiary/aromatic N) is 1. The highest BCUT2D eigenvalue weighted by molar-refractivity contribution is 5.94. The van der Waals surface area contributed by atoms with Crippen molar-refractivity contribution in [2.24, 2.45) is 5.92 Å². The van der Waals surface area contributed by atoms with Gasteiger partial charge in [-0.2, -0.15) is 0 Å². The van der Waals surface area contributed by atoms with Gasteiger partial charge in [-0.15, -0.1) is 0 Å². The van der Waals surface area contributed by atoms with Crippen LogP contribution in [0.3, 0.4) is 0 Å². The summed E-state index contributed by atoms with van der Waals surface area (Å²) in [6.45, 7) is 0.976. The SMILES string of the molecule is O=C(c1ccc(C#CCO)c(F)c1)N1CCC(CO)CC1. The summed E-state index contributed by atoms with van der Waals surface area (Å²) in [6.07, 6.45) is 1.54.